The van der Waals surface area contributed by atoms with Crippen LogP contribution < -0.4 is 13.7 Å². The maximum Gasteiger partial charge on any atom is 0.213 e. The van der Waals surface area contributed by atoms with Crippen LogP contribution in [0.2, 0.25) is 0 Å². The van der Waals surface area contributed by atoms with E-state index in [-0.39, 0.29) is 0 Å². The molecule has 0 spiro atoms. The van der Waals surface area contributed by atoms with Gasteiger partial charge in [-0.05, 0) is 48.9 Å². The van der Waals surface area contributed by atoms with Crippen LogP contribution in [0.3, 0.4) is 0 Å². The Balaban J connectivity index is 1.40. The maximum absolute atomic E-state index is 2.37. The van der Waals surface area contributed by atoms with Crippen molar-refractivity contribution >= 4 is 0 Å². The van der Waals surface area contributed by atoms with Gasteiger partial charge < -0.3 is 0 Å². The van der Waals surface area contributed by atoms with Crippen LogP contribution in [0.4, 0.5) is 0 Å². The van der Waals surface area contributed by atoms with Gasteiger partial charge in [0.25, 0.3) is 0 Å². The van der Waals surface area contributed by atoms with Gasteiger partial charge in [-0.1, -0.05) is 54.6 Å². The van der Waals surface area contributed by atoms with E-state index in [9.17, 15) is 0 Å². The summed E-state index contributed by atoms with van der Waals surface area (Å²) in [7, 11) is 2.11. The van der Waals surface area contributed by atoms with Gasteiger partial charge in [0.05, 0.1) is 11.1 Å². The number of hydrogen-bond acceptors (Lipinski definition) is 0. The van der Waals surface area contributed by atoms with Crippen LogP contribution >= 0.6 is 0 Å². The van der Waals surface area contributed by atoms with Gasteiger partial charge in [-0.3, -0.25) is 0 Å². The molecule has 0 radical (unpaired) electrons. The molecule has 0 N–H and O–H groups in total. The fraction of sp³-hybridized carbons (Fsp3) is 0.108. The second-order valence-corrected chi connectivity index (χ2v) is 10.3. The molecule has 3 heteroatoms. The summed E-state index contributed by atoms with van der Waals surface area (Å²) >= 11 is 0. The minimum absolute atomic E-state index is 0.780. The molecule has 0 fully saturated rings. The summed E-state index contributed by atoms with van der Waals surface area (Å²) in [4.78, 5) is 0. The predicted octanol–water partition coefficient (Wildman–Crippen LogP) is 6.49. The lowest BCUT2D eigenvalue weighted by Crippen LogP contribution is -2.39. The molecule has 194 valence electrons. The maximum atomic E-state index is 2.37. The number of hydrogen-bond donors (Lipinski definition) is 0. The van der Waals surface area contributed by atoms with Crippen molar-refractivity contribution in [3.63, 3.8) is 0 Å². The van der Waals surface area contributed by atoms with Crippen molar-refractivity contribution in [2.45, 2.75) is 20.0 Å². The number of aryl methyl sites for hydroxylation is 2. The summed E-state index contributed by atoms with van der Waals surface area (Å²) in [6.45, 7) is 3.75. The van der Waals surface area contributed by atoms with Crippen molar-refractivity contribution in [1.29, 1.82) is 0 Å². The molecular formula is C37H34N3+3. The number of aromatic nitrogens is 3. The average Bonchev–Trinajstić information content (AvgIpc) is 2.99. The van der Waals surface area contributed by atoms with E-state index in [2.05, 4.69) is 174 Å². The zero-order chi connectivity index (χ0) is 27.3. The van der Waals surface area contributed by atoms with Gasteiger partial charge in [0.2, 0.25) is 17.1 Å². The smallest absolute Gasteiger partial charge is 0.201 e. The molecule has 3 nitrogen and oxygen atoms in total. The van der Waals surface area contributed by atoms with E-state index in [1.54, 1.807) is 0 Å². The minimum Gasteiger partial charge on any atom is -0.201 e. The van der Waals surface area contributed by atoms with Crippen LogP contribution in [0.15, 0.2) is 146 Å². The average molecular weight is 521 g/mol. The van der Waals surface area contributed by atoms with Crippen molar-refractivity contribution < 1.29 is 13.7 Å². The highest BCUT2D eigenvalue weighted by Gasteiger charge is 2.22. The first-order valence-electron chi connectivity index (χ1n) is 13.8. The number of nitrogens with zero attached hydrogens (tertiary/aromatic N) is 3. The molecule has 6 aromatic rings. The summed E-state index contributed by atoms with van der Waals surface area (Å²) in [5.74, 6) is 0. The van der Waals surface area contributed by atoms with Gasteiger partial charge in [0, 0.05) is 53.1 Å². The molecule has 0 aliphatic heterocycles. The van der Waals surface area contributed by atoms with Gasteiger partial charge in [-0.25, -0.2) is 4.57 Å². The summed E-state index contributed by atoms with van der Waals surface area (Å²) in [6.07, 6.45) is 6.49. The third-order valence-corrected chi connectivity index (χ3v) is 7.63. The molecule has 0 aliphatic carbocycles. The molecule has 0 amide bonds. The molecule has 40 heavy (non-hydrogen) atoms. The summed E-state index contributed by atoms with van der Waals surface area (Å²) in [5.41, 5.74) is 11.3. The van der Waals surface area contributed by atoms with Gasteiger partial charge >= 0.3 is 0 Å². The Hall–Kier alpha value is -4.89. The third-order valence-electron chi connectivity index (χ3n) is 7.63. The molecule has 3 aromatic carbocycles. The van der Waals surface area contributed by atoms with E-state index in [0.717, 1.165) is 13.1 Å². The van der Waals surface area contributed by atoms with Crippen molar-refractivity contribution in [2.24, 2.45) is 7.05 Å². The minimum atomic E-state index is 0.780. The van der Waals surface area contributed by atoms with Crippen molar-refractivity contribution in [3.05, 3.63) is 163 Å². The van der Waals surface area contributed by atoms with E-state index in [1.807, 2.05) is 0 Å². The second-order valence-electron chi connectivity index (χ2n) is 10.3. The fourth-order valence-electron chi connectivity index (χ4n) is 5.56. The Labute approximate surface area is 236 Å². The first-order valence-corrected chi connectivity index (χ1v) is 13.8. The molecule has 0 aliphatic rings. The van der Waals surface area contributed by atoms with Gasteiger partial charge in [-0.15, -0.1) is 0 Å². The molecule has 6 rings (SSSR count). The van der Waals surface area contributed by atoms with E-state index < -0.39 is 0 Å². The summed E-state index contributed by atoms with van der Waals surface area (Å²) in [5, 5.41) is 0. The Morgan fingerprint density at radius 1 is 0.425 bits per heavy atom. The van der Waals surface area contributed by atoms with E-state index in [0.29, 0.717) is 0 Å². The molecule has 3 aromatic heterocycles. The molecule has 0 saturated heterocycles. The fourth-order valence-corrected chi connectivity index (χ4v) is 5.56. The summed E-state index contributed by atoms with van der Waals surface area (Å²) in [6, 6.07) is 45.5. The summed E-state index contributed by atoms with van der Waals surface area (Å²) < 4.78 is 6.92. The molecule has 0 bridgehead atoms. The Kier molecular flexibility index (Phi) is 7.28. The van der Waals surface area contributed by atoms with E-state index in [1.165, 1.54) is 50.5 Å². The molecular weight excluding hydrogens is 486 g/mol. The third kappa shape index (κ3) is 5.19. The zero-order valence-corrected chi connectivity index (χ0v) is 23.1. The largest absolute Gasteiger partial charge is 0.213 e. The van der Waals surface area contributed by atoms with Gasteiger partial charge in [0.1, 0.15) is 7.05 Å². The predicted molar refractivity (Wildman–Crippen MR) is 160 cm³/mol. The molecule has 0 atom stereocenters. The standard InChI is InChI=1S/C37H34N3/c1-29-15-3-6-18-32(29)36-22-10-13-25-39(36)28-31-17-5-8-20-34(31)37-23-11-14-26-40(37)27-30-16-4-7-19-33(30)35-21-9-12-24-38(35)2/h3-26H,27-28H2,1-2H3/q+3. The highest BCUT2D eigenvalue weighted by molar-refractivity contribution is 5.63. The van der Waals surface area contributed by atoms with Crippen LogP contribution in [0, 0.1) is 6.92 Å². The van der Waals surface area contributed by atoms with E-state index >= 15 is 0 Å². The van der Waals surface area contributed by atoms with E-state index in [4.69, 9.17) is 0 Å². The molecule has 0 unspecified atom stereocenters. The monoisotopic (exact) mass is 520 g/mol. The topological polar surface area (TPSA) is 11.6 Å². The van der Waals surface area contributed by atoms with Crippen molar-refractivity contribution in [1.82, 2.24) is 0 Å². The number of pyridine rings is 3. The van der Waals surface area contributed by atoms with Crippen molar-refractivity contribution in [3.8, 4) is 33.8 Å². The molecule has 0 saturated carbocycles. The first kappa shape index (κ1) is 25.4. The van der Waals surface area contributed by atoms with Crippen LogP contribution in [0.5, 0.6) is 0 Å². The van der Waals surface area contributed by atoms with Gasteiger partial charge in [0.15, 0.2) is 31.7 Å². The normalized spacial score (nSPS) is 10.9. The first-order chi connectivity index (χ1) is 19.7. The second kappa shape index (κ2) is 11.5. The Morgan fingerprint density at radius 2 is 0.850 bits per heavy atom. The highest BCUT2D eigenvalue weighted by Crippen LogP contribution is 2.25. The van der Waals surface area contributed by atoms with Gasteiger partial charge in [-0.2, -0.15) is 9.13 Å². The van der Waals surface area contributed by atoms with Crippen LogP contribution in [0.25, 0.3) is 33.8 Å². The molecule has 3 heterocycles. The Morgan fingerprint density at radius 3 is 1.43 bits per heavy atom. The quantitative estimate of drug-likeness (QED) is 0.213. The van der Waals surface area contributed by atoms with Crippen LogP contribution in [-0.4, -0.2) is 0 Å². The van der Waals surface area contributed by atoms with Crippen molar-refractivity contribution in [2.75, 3.05) is 0 Å². The number of rotatable bonds is 7. The lowest BCUT2D eigenvalue weighted by atomic mass is 10.0. The van der Waals surface area contributed by atoms with Crippen LogP contribution in [0.1, 0.15) is 16.7 Å². The van der Waals surface area contributed by atoms with Crippen LogP contribution in [-0.2, 0) is 20.1 Å². The lowest BCUT2D eigenvalue weighted by Gasteiger charge is -2.11. The lowest BCUT2D eigenvalue weighted by molar-refractivity contribution is -0.680. The highest BCUT2D eigenvalue weighted by atomic mass is 15.0. The zero-order valence-electron chi connectivity index (χ0n) is 23.1. The SMILES string of the molecule is Cc1ccccc1-c1cccc[n+]1Cc1ccccc1-c1cccc[n+]1Cc1ccccc1-c1cccc[n+]1C. The Bertz CT molecular complexity index is 1650. The number of benzene rings is 3.